The lowest BCUT2D eigenvalue weighted by atomic mass is 9.92. The van der Waals surface area contributed by atoms with Gasteiger partial charge in [-0.3, -0.25) is 19.2 Å². The predicted molar refractivity (Wildman–Crippen MR) is 122 cm³/mol. The van der Waals surface area contributed by atoms with E-state index in [9.17, 15) is 28.0 Å². The third-order valence-corrected chi connectivity index (χ3v) is 6.14. The highest BCUT2D eigenvalue weighted by Gasteiger charge is 2.43. The lowest BCUT2D eigenvalue weighted by Gasteiger charge is -2.29. The van der Waals surface area contributed by atoms with Crippen LogP contribution in [0.4, 0.5) is 8.78 Å². The van der Waals surface area contributed by atoms with Gasteiger partial charge in [-0.1, -0.05) is 24.3 Å². The molecule has 2 aliphatic rings. The number of rotatable bonds is 7. The van der Waals surface area contributed by atoms with Crippen LogP contribution >= 0.6 is 0 Å². The monoisotopic (exact) mass is 484 g/mol. The summed E-state index contributed by atoms with van der Waals surface area (Å²) < 4.78 is 35.4. The number of amides is 2. The number of benzene rings is 2. The molecule has 0 aromatic heterocycles. The maximum atomic E-state index is 15.0. The molecule has 1 atom stereocenters. The Labute approximate surface area is 201 Å². The van der Waals surface area contributed by atoms with Gasteiger partial charge in [0, 0.05) is 25.1 Å². The molecule has 9 heteroatoms. The van der Waals surface area contributed by atoms with Crippen molar-refractivity contribution in [3.8, 4) is 5.75 Å². The van der Waals surface area contributed by atoms with Crippen molar-refractivity contribution < 1.29 is 32.7 Å². The third-order valence-electron chi connectivity index (χ3n) is 6.14. The standard InChI is InChI=1S/C26H26F2N2O5/c1-15(2)35-23-6-4-3-5-20(23)26(27,28)25(34)29-13-16-7-9-19-17(11-16)14-30(24(19)33)21-10-8-18(31)12-22(21)32/h3-7,9,11,15,21H,8,10,12-14H2,1-2H3,(H,29,34). The summed E-state index contributed by atoms with van der Waals surface area (Å²) >= 11 is 0. The molecule has 0 saturated heterocycles. The minimum Gasteiger partial charge on any atom is -0.490 e. The van der Waals surface area contributed by atoms with E-state index in [0.29, 0.717) is 23.1 Å². The molecule has 7 nitrogen and oxygen atoms in total. The van der Waals surface area contributed by atoms with Crippen molar-refractivity contribution in [2.45, 2.75) is 64.3 Å². The average Bonchev–Trinajstić information content (AvgIpc) is 3.12. The van der Waals surface area contributed by atoms with Gasteiger partial charge in [-0.25, -0.2) is 0 Å². The first-order chi connectivity index (χ1) is 16.6. The Morgan fingerprint density at radius 1 is 1.17 bits per heavy atom. The third kappa shape index (κ3) is 4.94. The summed E-state index contributed by atoms with van der Waals surface area (Å²) in [7, 11) is 0. The first kappa shape index (κ1) is 24.5. The minimum atomic E-state index is -3.81. The van der Waals surface area contributed by atoms with Gasteiger partial charge in [0.05, 0.1) is 24.1 Å². The van der Waals surface area contributed by atoms with E-state index >= 15 is 0 Å². The van der Waals surface area contributed by atoms with Crippen LogP contribution in [0.1, 0.15) is 60.2 Å². The summed E-state index contributed by atoms with van der Waals surface area (Å²) in [6.07, 6.45) is 0.0555. The molecule has 1 aliphatic carbocycles. The van der Waals surface area contributed by atoms with Crippen LogP contribution < -0.4 is 10.1 Å². The molecule has 1 aliphatic heterocycles. The number of halogens is 2. The zero-order valence-corrected chi connectivity index (χ0v) is 19.5. The Bertz CT molecular complexity index is 1190. The van der Waals surface area contributed by atoms with Crippen LogP contribution in [-0.2, 0) is 33.4 Å². The fraction of sp³-hybridized carbons (Fsp3) is 0.385. The quantitative estimate of drug-likeness (QED) is 0.607. The summed E-state index contributed by atoms with van der Waals surface area (Å²) in [6.45, 7) is 3.44. The van der Waals surface area contributed by atoms with E-state index in [4.69, 9.17) is 4.74 Å². The largest absolute Gasteiger partial charge is 0.490 e. The summed E-state index contributed by atoms with van der Waals surface area (Å²) in [5, 5.41) is 2.27. The molecule has 4 rings (SSSR count). The zero-order chi connectivity index (χ0) is 25.3. The number of carbonyl (C=O) groups is 4. The van der Waals surface area contributed by atoms with Gasteiger partial charge in [-0.05, 0) is 49.6 Å². The fourth-order valence-electron chi connectivity index (χ4n) is 4.45. The molecule has 1 fully saturated rings. The zero-order valence-electron chi connectivity index (χ0n) is 19.5. The topological polar surface area (TPSA) is 92.8 Å². The average molecular weight is 484 g/mol. The maximum Gasteiger partial charge on any atom is 0.353 e. The smallest absolute Gasteiger partial charge is 0.353 e. The van der Waals surface area contributed by atoms with E-state index in [0.717, 1.165) is 6.07 Å². The van der Waals surface area contributed by atoms with Crippen LogP contribution in [-0.4, -0.2) is 40.4 Å². The Hall–Kier alpha value is -3.62. The second-order valence-corrected chi connectivity index (χ2v) is 9.08. The minimum absolute atomic E-state index is 0.0576. The Balaban J connectivity index is 1.44. The normalized spacial score (nSPS) is 18.1. The predicted octanol–water partition coefficient (Wildman–Crippen LogP) is 3.53. The first-order valence-corrected chi connectivity index (χ1v) is 11.5. The molecule has 1 heterocycles. The van der Waals surface area contributed by atoms with Gasteiger partial charge < -0.3 is 15.0 Å². The van der Waals surface area contributed by atoms with Crippen molar-refractivity contribution in [3.05, 3.63) is 64.7 Å². The van der Waals surface area contributed by atoms with Gasteiger partial charge in [0.2, 0.25) is 0 Å². The molecular weight excluding hydrogens is 458 g/mol. The highest BCUT2D eigenvalue weighted by Crippen LogP contribution is 2.36. The van der Waals surface area contributed by atoms with E-state index in [1.807, 2.05) is 0 Å². The highest BCUT2D eigenvalue weighted by atomic mass is 19.3. The summed E-state index contributed by atoms with van der Waals surface area (Å²) in [5.74, 6) is -6.02. The van der Waals surface area contributed by atoms with E-state index in [1.165, 1.54) is 17.0 Å². The van der Waals surface area contributed by atoms with Crippen LogP contribution in [0.2, 0.25) is 0 Å². The van der Waals surface area contributed by atoms with E-state index < -0.39 is 23.4 Å². The van der Waals surface area contributed by atoms with Gasteiger partial charge in [-0.2, -0.15) is 8.78 Å². The maximum absolute atomic E-state index is 15.0. The first-order valence-electron chi connectivity index (χ1n) is 11.5. The molecule has 2 aromatic carbocycles. The fourth-order valence-corrected chi connectivity index (χ4v) is 4.45. The Kier molecular flexibility index (Phi) is 6.69. The molecule has 2 amide bonds. The van der Waals surface area contributed by atoms with E-state index in [-0.39, 0.29) is 55.3 Å². The van der Waals surface area contributed by atoms with Crippen LogP contribution in [0.3, 0.4) is 0 Å². The van der Waals surface area contributed by atoms with Gasteiger partial charge >= 0.3 is 5.92 Å². The summed E-state index contributed by atoms with van der Waals surface area (Å²) in [5.41, 5.74) is 1.10. The van der Waals surface area contributed by atoms with E-state index in [2.05, 4.69) is 5.32 Å². The number of fused-ring (bicyclic) bond motifs is 1. The molecular formula is C26H26F2N2O5. The van der Waals surface area contributed by atoms with Crippen LogP contribution in [0.25, 0.3) is 0 Å². The number of nitrogens with zero attached hydrogens (tertiary/aromatic N) is 1. The number of carbonyl (C=O) groups excluding carboxylic acids is 4. The van der Waals surface area contributed by atoms with Crippen molar-refractivity contribution >= 4 is 23.4 Å². The Morgan fingerprint density at radius 3 is 2.63 bits per heavy atom. The second kappa shape index (κ2) is 9.56. The number of hydrogen-bond acceptors (Lipinski definition) is 5. The highest BCUT2D eigenvalue weighted by molar-refractivity contribution is 6.07. The number of nitrogens with one attached hydrogen (secondary N) is 1. The molecule has 0 radical (unpaired) electrons. The number of para-hydroxylation sites is 1. The summed E-state index contributed by atoms with van der Waals surface area (Å²) in [4.78, 5) is 50.5. The number of alkyl halides is 2. The van der Waals surface area contributed by atoms with Crippen LogP contribution in [0.5, 0.6) is 5.75 Å². The van der Waals surface area contributed by atoms with Crippen LogP contribution in [0.15, 0.2) is 42.5 Å². The van der Waals surface area contributed by atoms with Crippen molar-refractivity contribution in [2.24, 2.45) is 0 Å². The molecule has 184 valence electrons. The Morgan fingerprint density at radius 2 is 1.91 bits per heavy atom. The molecule has 0 bridgehead atoms. The summed E-state index contributed by atoms with van der Waals surface area (Å²) in [6, 6.07) is 9.72. The molecule has 1 unspecified atom stereocenters. The molecule has 1 N–H and O–H groups in total. The molecule has 2 aromatic rings. The lowest BCUT2D eigenvalue weighted by Crippen LogP contribution is -2.44. The van der Waals surface area contributed by atoms with Crippen LogP contribution in [0, 0.1) is 0 Å². The number of hydrogen-bond donors (Lipinski definition) is 1. The number of Topliss-reactive ketones (excluding diaryl/α,β-unsaturated/α-hetero) is 2. The second-order valence-electron chi connectivity index (χ2n) is 9.08. The van der Waals surface area contributed by atoms with Crippen molar-refractivity contribution in [3.63, 3.8) is 0 Å². The van der Waals surface area contributed by atoms with Crippen molar-refractivity contribution in [1.82, 2.24) is 10.2 Å². The molecule has 35 heavy (non-hydrogen) atoms. The lowest BCUT2D eigenvalue weighted by molar-refractivity contribution is -0.147. The molecule has 1 saturated carbocycles. The molecule has 0 spiro atoms. The van der Waals surface area contributed by atoms with Crippen molar-refractivity contribution in [1.29, 1.82) is 0 Å². The van der Waals surface area contributed by atoms with Gasteiger partial charge in [0.1, 0.15) is 11.5 Å². The number of ether oxygens (including phenoxy) is 1. The van der Waals surface area contributed by atoms with Gasteiger partial charge in [0.25, 0.3) is 11.8 Å². The van der Waals surface area contributed by atoms with Crippen molar-refractivity contribution in [2.75, 3.05) is 0 Å². The SMILES string of the molecule is CC(C)Oc1ccccc1C(F)(F)C(=O)NCc1ccc2c(c1)CN(C1CCC(=O)CC1=O)C2=O. The van der Waals surface area contributed by atoms with Gasteiger partial charge in [0.15, 0.2) is 5.78 Å². The van der Waals surface area contributed by atoms with Gasteiger partial charge in [-0.15, -0.1) is 0 Å². The number of ketones is 2. The van der Waals surface area contributed by atoms with E-state index in [1.54, 1.807) is 38.1 Å².